The van der Waals surface area contributed by atoms with E-state index in [0.717, 1.165) is 19.3 Å². The number of nitrogens with zero attached hydrogens (tertiary/aromatic N) is 3. The van der Waals surface area contributed by atoms with Gasteiger partial charge in [-0.2, -0.15) is 0 Å². The predicted molar refractivity (Wildman–Crippen MR) is 95.5 cm³/mol. The Morgan fingerprint density at radius 3 is 2.64 bits per heavy atom. The molecule has 2 aromatic heterocycles. The van der Waals surface area contributed by atoms with Crippen molar-refractivity contribution < 1.29 is 4.79 Å². The molecular formula is C18H15ClN4O2. The summed E-state index contributed by atoms with van der Waals surface area (Å²) in [7, 11) is 0. The molecule has 6 nitrogen and oxygen atoms in total. The average Bonchev–Trinajstić information content (AvgIpc) is 2.57. The highest BCUT2D eigenvalue weighted by molar-refractivity contribution is 6.31. The highest BCUT2D eigenvalue weighted by atomic mass is 35.5. The van der Waals surface area contributed by atoms with E-state index < -0.39 is 0 Å². The van der Waals surface area contributed by atoms with Gasteiger partial charge < -0.3 is 0 Å². The van der Waals surface area contributed by atoms with Crippen molar-refractivity contribution in [3.8, 4) is 0 Å². The van der Waals surface area contributed by atoms with E-state index in [1.54, 1.807) is 30.3 Å². The second kappa shape index (κ2) is 6.29. The molecule has 7 heteroatoms. The Morgan fingerprint density at radius 2 is 1.96 bits per heavy atom. The monoisotopic (exact) mass is 354 g/mol. The molecule has 0 radical (unpaired) electrons. The summed E-state index contributed by atoms with van der Waals surface area (Å²) in [4.78, 5) is 33.9. The Hall–Kier alpha value is -2.73. The van der Waals surface area contributed by atoms with Crippen molar-refractivity contribution in [2.75, 3.05) is 5.43 Å². The summed E-state index contributed by atoms with van der Waals surface area (Å²) in [5, 5.41) is 0.944. The van der Waals surface area contributed by atoms with Crippen molar-refractivity contribution in [1.29, 1.82) is 0 Å². The first-order chi connectivity index (χ1) is 12.1. The maximum Gasteiger partial charge on any atom is 0.280 e. The van der Waals surface area contributed by atoms with Crippen LogP contribution in [0.3, 0.4) is 0 Å². The molecule has 1 fully saturated rings. The molecule has 0 bridgehead atoms. The number of hydrogen-bond donors (Lipinski definition) is 1. The summed E-state index contributed by atoms with van der Waals surface area (Å²) in [5.74, 6) is 0.363. The maximum atomic E-state index is 12.9. The number of benzene rings is 1. The van der Waals surface area contributed by atoms with Gasteiger partial charge in [-0.25, -0.2) is 9.66 Å². The number of pyridine rings is 1. The van der Waals surface area contributed by atoms with Crippen molar-refractivity contribution in [3.63, 3.8) is 0 Å². The van der Waals surface area contributed by atoms with Gasteiger partial charge >= 0.3 is 0 Å². The Labute approximate surface area is 148 Å². The van der Waals surface area contributed by atoms with Gasteiger partial charge in [-0.05, 0) is 43.2 Å². The minimum atomic E-state index is -0.375. The van der Waals surface area contributed by atoms with E-state index in [4.69, 9.17) is 11.6 Å². The predicted octanol–water partition coefficient (Wildman–Crippen LogP) is 3.10. The van der Waals surface area contributed by atoms with Crippen LogP contribution >= 0.6 is 11.6 Å². The molecule has 4 rings (SSSR count). The molecule has 0 atom stereocenters. The zero-order valence-corrected chi connectivity index (χ0v) is 14.0. The van der Waals surface area contributed by atoms with Gasteiger partial charge in [-0.1, -0.05) is 18.0 Å². The largest absolute Gasteiger partial charge is 0.280 e. The number of aromatic nitrogens is 3. The van der Waals surface area contributed by atoms with Crippen LogP contribution in [-0.2, 0) is 0 Å². The fourth-order valence-electron chi connectivity index (χ4n) is 2.89. The molecule has 0 aliphatic heterocycles. The molecule has 25 heavy (non-hydrogen) atoms. The zero-order valence-electron chi connectivity index (χ0n) is 13.3. The molecule has 1 amide bonds. The zero-order chi connectivity index (χ0) is 17.4. The molecule has 2 heterocycles. The van der Waals surface area contributed by atoms with Crippen molar-refractivity contribution >= 4 is 28.4 Å². The third-order valence-corrected chi connectivity index (χ3v) is 4.72. The molecule has 1 aliphatic carbocycles. The van der Waals surface area contributed by atoms with E-state index >= 15 is 0 Å². The third-order valence-electron chi connectivity index (χ3n) is 4.48. The van der Waals surface area contributed by atoms with Gasteiger partial charge in [0.25, 0.3) is 11.5 Å². The number of carbonyl (C=O) groups excluding carboxylic acids is 1. The van der Waals surface area contributed by atoms with E-state index in [2.05, 4.69) is 15.4 Å². The Balaban J connectivity index is 1.83. The minimum Gasteiger partial charge on any atom is -0.267 e. The topological polar surface area (TPSA) is 76.9 Å². The molecule has 1 N–H and O–H groups in total. The molecule has 0 unspecified atom stereocenters. The maximum absolute atomic E-state index is 12.9. The molecule has 1 aliphatic rings. The molecule has 0 spiro atoms. The first kappa shape index (κ1) is 15.8. The van der Waals surface area contributed by atoms with Crippen molar-refractivity contribution in [1.82, 2.24) is 14.6 Å². The quantitative estimate of drug-likeness (QED) is 0.784. The third kappa shape index (κ3) is 2.89. The normalized spacial score (nSPS) is 14.3. The van der Waals surface area contributed by atoms with Crippen LogP contribution in [0.4, 0.5) is 0 Å². The number of hydrogen-bond acceptors (Lipinski definition) is 4. The van der Waals surface area contributed by atoms with E-state index in [-0.39, 0.29) is 17.4 Å². The van der Waals surface area contributed by atoms with Gasteiger partial charge in [-0.3, -0.25) is 20.0 Å². The van der Waals surface area contributed by atoms with Crippen LogP contribution in [0.1, 0.15) is 41.4 Å². The average molecular weight is 355 g/mol. The summed E-state index contributed by atoms with van der Waals surface area (Å²) >= 11 is 6.03. The lowest BCUT2D eigenvalue weighted by molar-refractivity contribution is 0.100. The van der Waals surface area contributed by atoms with Gasteiger partial charge in [0.05, 0.1) is 10.9 Å². The van der Waals surface area contributed by atoms with Gasteiger partial charge in [0.1, 0.15) is 5.82 Å². The summed E-state index contributed by atoms with van der Waals surface area (Å²) in [6.45, 7) is 0. The summed E-state index contributed by atoms with van der Waals surface area (Å²) in [5.41, 5.74) is 3.37. The second-order valence-electron chi connectivity index (χ2n) is 6.08. The highest BCUT2D eigenvalue weighted by Crippen LogP contribution is 2.35. The molecular weight excluding hydrogens is 340 g/mol. The first-order valence-electron chi connectivity index (χ1n) is 8.07. The highest BCUT2D eigenvalue weighted by Gasteiger charge is 2.26. The van der Waals surface area contributed by atoms with Gasteiger partial charge in [-0.15, -0.1) is 0 Å². The van der Waals surface area contributed by atoms with Crippen LogP contribution in [0, 0.1) is 0 Å². The minimum absolute atomic E-state index is 0.161. The second-order valence-corrected chi connectivity index (χ2v) is 6.51. The number of carbonyl (C=O) groups is 1. The Morgan fingerprint density at radius 1 is 1.20 bits per heavy atom. The van der Waals surface area contributed by atoms with Gasteiger partial charge in [0, 0.05) is 28.9 Å². The van der Waals surface area contributed by atoms with Crippen LogP contribution in [0.25, 0.3) is 10.9 Å². The fourth-order valence-corrected chi connectivity index (χ4v) is 3.06. The standard InChI is InChI=1S/C18H15ClN4O2/c19-13-4-5-14-15(10-13)21-16(11-2-1-3-11)23(18(14)25)22-17(24)12-6-8-20-9-7-12/h4-11H,1-3H2,(H,22,24). The van der Waals surface area contributed by atoms with Crippen molar-refractivity contribution in [3.05, 3.63) is 69.5 Å². The van der Waals surface area contributed by atoms with E-state index in [9.17, 15) is 9.59 Å². The molecule has 126 valence electrons. The van der Waals surface area contributed by atoms with Gasteiger partial charge in [0.15, 0.2) is 0 Å². The van der Waals surface area contributed by atoms with Gasteiger partial charge in [0.2, 0.25) is 0 Å². The van der Waals surface area contributed by atoms with E-state index in [0.29, 0.717) is 27.3 Å². The summed E-state index contributed by atoms with van der Waals surface area (Å²) < 4.78 is 1.28. The number of amides is 1. The number of rotatable bonds is 3. The lowest BCUT2D eigenvalue weighted by Gasteiger charge is -2.27. The summed E-state index contributed by atoms with van der Waals surface area (Å²) in [6.07, 6.45) is 6.05. The van der Waals surface area contributed by atoms with Crippen molar-refractivity contribution in [2.24, 2.45) is 0 Å². The first-order valence-corrected chi connectivity index (χ1v) is 8.45. The van der Waals surface area contributed by atoms with Crippen molar-refractivity contribution in [2.45, 2.75) is 25.2 Å². The SMILES string of the molecule is O=C(Nn1c(C2CCC2)nc2cc(Cl)ccc2c1=O)c1ccncc1. The number of nitrogens with one attached hydrogen (secondary N) is 1. The molecule has 1 saturated carbocycles. The van der Waals surface area contributed by atoms with Crippen LogP contribution in [0.15, 0.2) is 47.5 Å². The van der Waals surface area contributed by atoms with E-state index in [1.165, 1.54) is 17.1 Å². The Kier molecular flexibility index (Phi) is 3.97. The number of halogens is 1. The molecule has 3 aromatic rings. The van der Waals surface area contributed by atoms with Crippen LogP contribution in [0.2, 0.25) is 5.02 Å². The fraction of sp³-hybridized carbons (Fsp3) is 0.222. The molecule has 0 saturated heterocycles. The lowest BCUT2D eigenvalue weighted by Crippen LogP contribution is -2.38. The lowest BCUT2D eigenvalue weighted by atomic mass is 9.84. The number of fused-ring (bicyclic) bond motifs is 1. The smallest absolute Gasteiger partial charge is 0.267 e. The van der Waals surface area contributed by atoms with Crippen LogP contribution < -0.4 is 11.0 Å². The van der Waals surface area contributed by atoms with Crippen LogP contribution in [0.5, 0.6) is 0 Å². The van der Waals surface area contributed by atoms with Crippen LogP contribution in [-0.4, -0.2) is 20.6 Å². The Bertz CT molecular complexity index is 1010. The van der Waals surface area contributed by atoms with E-state index in [1.807, 2.05) is 0 Å². The summed E-state index contributed by atoms with van der Waals surface area (Å²) in [6, 6.07) is 8.14. The molecule has 1 aromatic carbocycles.